The molecule has 0 aliphatic carbocycles. The van der Waals surface area contributed by atoms with Crippen molar-refractivity contribution >= 4 is 5.69 Å². The van der Waals surface area contributed by atoms with E-state index in [0.29, 0.717) is 17.7 Å². The lowest BCUT2D eigenvalue weighted by atomic mass is 9.89. The van der Waals surface area contributed by atoms with E-state index in [9.17, 15) is 20.4 Å². The van der Waals surface area contributed by atoms with Crippen molar-refractivity contribution in [1.29, 1.82) is 0 Å². The zero-order valence-corrected chi connectivity index (χ0v) is 17.2. The number of nitrogen functional groups attached to an aromatic ring is 1. The summed E-state index contributed by atoms with van der Waals surface area (Å²) >= 11 is 0. The van der Waals surface area contributed by atoms with Crippen LogP contribution in [-0.2, 0) is 11.2 Å². The van der Waals surface area contributed by atoms with Gasteiger partial charge in [-0.25, -0.2) is 0 Å². The summed E-state index contributed by atoms with van der Waals surface area (Å²) in [5.74, 6) is 0.834. The lowest BCUT2D eigenvalue weighted by Crippen LogP contribution is -2.55. The molecule has 8 heteroatoms. The number of nitrogens with two attached hydrogens (primary N) is 1. The Morgan fingerprint density at radius 2 is 1.81 bits per heavy atom. The molecule has 4 rings (SSSR count). The minimum absolute atomic E-state index is 0.205. The monoisotopic (exact) mass is 430 g/mol. The summed E-state index contributed by atoms with van der Waals surface area (Å²) in [4.78, 5) is 0. The largest absolute Gasteiger partial charge is 0.489 e. The first-order valence-electron chi connectivity index (χ1n) is 10.6. The Bertz CT molecular complexity index is 869. The normalized spacial score (nSPS) is 31.0. The third-order valence-electron chi connectivity index (χ3n) is 6.02. The summed E-state index contributed by atoms with van der Waals surface area (Å²) in [6.07, 6.45) is -4.18. The molecule has 1 unspecified atom stereocenters. The number of nitrogens with one attached hydrogen (secondary N) is 1. The molecule has 8 nitrogen and oxygen atoms in total. The molecule has 7 N–H and O–H groups in total. The number of ether oxygens (including phenoxy) is 2. The predicted octanol–water partition coefficient (Wildman–Crippen LogP) is 0.115. The van der Waals surface area contributed by atoms with Crippen LogP contribution >= 0.6 is 0 Å². The third-order valence-corrected chi connectivity index (χ3v) is 6.02. The summed E-state index contributed by atoms with van der Waals surface area (Å²) in [5, 5.41) is 43.2. The molecule has 0 radical (unpaired) electrons. The Hall–Kier alpha value is -2.20. The summed E-state index contributed by atoms with van der Waals surface area (Å²) in [6, 6.07) is 13.2. The molecule has 0 saturated carbocycles. The van der Waals surface area contributed by atoms with E-state index < -0.39 is 37.1 Å². The zero-order chi connectivity index (χ0) is 22.0. The first kappa shape index (κ1) is 22.0. The van der Waals surface area contributed by atoms with Crippen molar-refractivity contribution in [3.05, 3.63) is 59.2 Å². The van der Waals surface area contributed by atoms with Gasteiger partial charge in [-0.1, -0.05) is 24.3 Å². The number of aliphatic hydroxyl groups is 4. The summed E-state index contributed by atoms with van der Waals surface area (Å²) in [7, 11) is 0. The summed E-state index contributed by atoms with van der Waals surface area (Å²) in [6.45, 7) is 1.38. The van der Waals surface area contributed by atoms with Gasteiger partial charge in [-0.05, 0) is 54.3 Å². The lowest BCUT2D eigenvalue weighted by Gasteiger charge is -2.40. The van der Waals surface area contributed by atoms with Crippen LogP contribution in [0.4, 0.5) is 5.69 Å². The second kappa shape index (κ2) is 9.52. The highest BCUT2D eigenvalue weighted by atomic mass is 16.5. The van der Waals surface area contributed by atoms with Crippen LogP contribution in [-0.4, -0.2) is 70.6 Å². The van der Waals surface area contributed by atoms with Gasteiger partial charge in [0.1, 0.15) is 42.4 Å². The average molecular weight is 431 g/mol. The number of hydrogen-bond donors (Lipinski definition) is 6. The average Bonchev–Trinajstić information content (AvgIpc) is 3.28. The predicted molar refractivity (Wildman–Crippen MR) is 115 cm³/mol. The van der Waals surface area contributed by atoms with Gasteiger partial charge < -0.3 is 41.0 Å². The van der Waals surface area contributed by atoms with Crippen LogP contribution in [0.5, 0.6) is 5.75 Å². The maximum absolute atomic E-state index is 10.4. The number of benzene rings is 2. The number of hydrogen-bond acceptors (Lipinski definition) is 8. The minimum Gasteiger partial charge on any atom is -0.489 e. The molecular formula is C23H30N2O6. The Labute approximate surface area is 181 Å². The van der Waals surface area contributed by atoms with E-state index in [2.05, 4.69) is 5.32 Å². The number of aliphatic hydroxyl groups excluding tert-OH is 4. The van der Waals surface area contributed by atoms with E-state index >= 15 is 0 Å². The van der Waals surface area contributed by atoms with E-state index in [1.807, 2.05) is 30.3 Å². The van der Waals surface area contributed by atoms with Crippen molar-refractivity contribution in [2.24, 2.45) is 0 Å². The Balaban J connectivity index is 1.49. The van der Waals surface area contributed by atoms with E-state index in [4.69, 9.17) is 15.2 Å². The first-order chi connectivity index (χ1) is 15.0. The molecule has 2 aliphatic heterocycles. The summed E-state index contributed by atoms with van der Waals surface area (Å²) < 4.78 is 11.6. The third kappa shape index (κ3) is 4.85. The molecule has 0 spiro atoms. The molecule has 168 valence electrons. The van der Waals surface area contributed by atoms with Gasteiger partial charge in [0, 0.05) is 12.2 Å². The van der Waals surface area contributed by atoms with Crippen molar-refractivity contribution in [3.63, 3.8) is 0 Å². The van der Waals surface area contributed by atoms with E-state index in [1.54, 1.807) is 12.1 Å². The smallest absolute Gasteiger partial charge is 0.119 e. The lowest BCUT2D eigenvalue weighted by molar-refractivity contribution is -0.231. The molecule has 31 heavy (non-hydrogen) atoms. The maximum atomic E-state index is 10.4. The van der Waals surface area contributed by atoms with Gasteiger partial charge in [0.2, 0.25) is 0 Å². The van der Waals surface area contributed by atoms with Crippen LogP contribution in [0.1, 0.15) is 29.2 Å². The van der Waals surface area contributed by atoms with Gasteiger partial charge in [-0.2, -0.15) is 0 Å². The van der Waals surface area contributed by atoms with E-state index in [1.165, 1.54) is 0 Å². The fraction of sp³-hybridized carbons (Fsp3) is 0.478. The second-order valence-electron chi connectivity index (χ2n) is 8.26. The van der Waals surface area contributed by atoms with Crippen LogP contribution in [0.25, 0.3) is 0 Å². The van der Waals surface area contributed by atoms with Crippen molar-refractivity contribution in [2.75, 3.05) is 25.4 Å². The molecule has 0 amide bonds. The Kier molecular flexibility index (Phi) is 6.76. The van der Waals surface area contributed by atoms with Gasteiger partial charge >= 0.3 is 0 Å². The minimum atomic E-state index is -1.42. The SMILES string of the molecule is Nc1ccc([C@@H]2O[C@H](CO)[C@@H](O)[C@H](O)[C@H]2O)cc1Cc1ccc(OC2CCNC2)cc1. The molecular weight excluding hydrogens is 400 g/mol. The van der Waals surface area contributed by atoms with Crippen LogP contribution in [0.2, 0.25) is 0 Å². The highest BCUT2D eigenvalue weighted by Gasteiger charge is 2.44. The van der Waals surface area contributed by atoms with E-state index in [0.717, 1.165) is 36.4 Å². The Morgan fingerprint density at radius 3 is 2.48 bits per heavy atom. The highest BCUT2D eigenvalue weighted by Crippen LogP contribution is 2.34. The van der Waals surface area contributed by atoms with Crippen molar-refractivity contribution in [3.8, 4) is 5.75 Å². The molecule has 2 aromatic rings. The molecule has 0 bridgehead atoms. The summed E-state index contributed by atoms with van der Waals surface area (Å²) in [5.41, 5.74) is 9.30. The fourth-order valence-corrected chi connectivity index (χ4v) is 4.16. The molecule has 6 atom stereocenters. The highest BCUT2D eigenvalue weighted by molar-refractivity contribution is 5.51. The van der Waals surface area contributed by atoms with Crippen molar-refractivity contribution in [1.82, 2.24) is 5.32 Å². The van der Waals surface area contributed by atoms with E-state index in [-0.39, 0.29) is 6.10 Å². The van der Waals surface area contributed by atoms with Crippen LogP contribution < -0.4 is 15.8 Å². The molecule has 0 aromatic heterocycles. The molecule has 2 aliphatic rings. The van der Waals surface area contributed by atoms with Gasteiger partial charge in [0.25, 0.3) is 0 Å². The van der Waals surface area contributed by atoms with Crippen LogP contribution in [0.3, 0.4) is 0 Å². The van der Waals surface area contributed by atoms with Crippen LogP contribution in [0, 0.1) is 0 Å². The zero-order valence-electron chi connectivity index (χ0n) is 17.2. The molecule has 2 fully saturated rings. The van der Waals surface area contributed by atoms with Crippen molar-refractivity contribution in [2.45, 2.75) is 49.5 Å². The molecule has 2 heterocycles. The van der Waals surface area contributed by atoms with Gasteiger partial charge in [-0.3, -0.25) is 0 Å². The maximum Gasteiger partial charge on any atom is 0.119 e. The standard InChI is InChI=1S/C23H30N2O6/c24-18-6-3-14(23-22(29)21(28)20(27)19(12-26)31-23)10-15(18)9-13-1-4-16(5-2-13)30-17-7-8-25-11-17/h1-6,10,17,19-23,25-29H,7-9,11-12,24H2/t17?,19-,20-,21+,22-,23+/m1/s1. The quantitative estimate of drug-likeness (QED) is 0.356. The Morgan fingerprint density at radius 1 is 1.03 bits per heavy atom. The first-order valence-corrected chi connectivity index (χ1v) is 10.6. The molecule has 2 aromatic carbocycles. The van der Waals surface area contributed by atoms with Gasteiger partial charge in [0.15, 0.2) is 0 Å². The molecule has 2 saturated heterocycles. The van der Waals surface area contributed by atoms with Crippen LogP contribution in [0.15, 0.2) is 42.5 Å². The van der Waals surface area contributed by atoms with Crippen molar-refractivity contribution < 1.29 is 29.9 Å². The number of rotatable bonds is 6. The number of anilines is 1. The topological polar surface area (TPSA) is 137 Å². The second-order valence-corrected chi connectivity index (χ2v) is 8.26. The fourth-order valence-electron chi connectivity index (χ4n) is 4.16. The van der Waals surface area contributed by atoms with Gasteiger partial charge in [-0.15, -0.1) is 0 Å². The van der Waals surface area contributed by atoms with Gasteiger partial charge in [0.05, 0.1) is 6.61 Å².